The molecule has 4 heterocycles. The molecule has 0 bridgehead atoms. The monoisotopic (exact) mass is 435 g/mol. The van der Waals surface area contributed by atoms with Crippen LogP contribution >= 0.6 is 15.9 Å². The first-order valence-electron chi connectivity index (χ1n) is 9.54. The Hall–Kier alpha value is -1.64. The summed E-state index contributed by atoms with van der Waals surface area (Å²) in [4.78, 5) is 16.3. The van der Waals surface area contributed by atoms with Gasteiger partial charge in [0, 0.05) is 38.9 Å². The number of ether oxygens (including phenoxy) is 1. The minimum atomic E-state index is 0.435. The lowest BCUT2D eigenvalue weighted by Gasteiger charge is -2.38. The van der Waals surface area contributed by atoms with Crippen molar-refractivity contribution in [1.29, 1.82) is 0 Å². The van der Waals surface area contributed by atoms with Crippen LogP contribution in [0.5, 0.6) is 0 Å². The van der Waals surface area contributed by atoms with Crippen LogP contribution in [0.1, 0.15) is 18.6 Å². The highest BCUT2D eigenvalue weighted by Crippen LogP contribution is 2.23. The van der Waals surface area contributed by atoms with Crippen LogP contribution in [0, 0.1) is 0 Å². The molecule has 0 amide bonds. The van der Waals surface area contributed by atoms with Gasteiger partial charge in [0.15, 0.2) is 4.67 Å². The fourth-order valence-electron chi connectivity index (χ4n) is 3.79. The van der Waals surface area contributed by atoms with Crippen molar-refractivity contribution in [2.75, 3.05) is 56.2 Å². The van der Waals surface area contributed by atoms with Crippen molar-refractivity contribution in [3.8, 4) is 0 Å². The molecule has 0 saturated carbocycles. The molecule has 2 aromatic heterocycles. The van der Waals surface area contributed by atoms with Crippen LogP contribution in [0.4, 0.5) is 11.8 Å². The summed E-state index contributed by atoms with van der Waals surface area (Å²) in [6.07, 6.45) is 4.22. The van der Waals surface area contributed by atoms with Gasteiger partial charge in [0.1, 0.15) is 11.6 Å². The predicted molar refractivity (Wildman–Crippen MR) is 108 cm³/mol. The van der Waals surface area contributed by atoms with Gasteiger partial charge in [0.25, 0.3) is 0 Å². The molecule has 1 unspecified atom stereocenters. The second-order valence-electron chi connectivity index (χ2n) is 7.16. The lowest BCUT2D eigenvalue weighted by atomic mass is 10.0. The van der Waals surface area contributed by atoms with Gasteiger partial charge in [0.2, 0.25) is 5.95 Å². The second kappa shape index (κ2) is 8.58. The number of likely N-dealkylation sites (tertiary alicyclic amines) is 1. The second-order valence-corrected chi connectivity index (χ2v) is 7.94. The summed E-state index contributed by atoms with van der Waals surface area (Å²) in [5.41, 5.74) is 0. The van der Waals surface area contributed by atoms with Gasteiger partial charge in [-0.25, -0.2) is 4.98 Å². The minimum absolute atomic E-state index is 0.435. The Bertz CT molecular complexity index is 749. The quantitative estimate of drug-likeness (QED) is 0.715. The van der Waals surface area contributed by atoms with E-state index in [1.807, 2.05) is 24.4 Å². The molecule has 0 aromatic carbocycles. The van der Waals surface area contributed by atoms with Crippen LogP contribution in [-0.4, -0.2) is 67.4 Å². The first-order valence-corrected chi connectivity index (χ1v) is 10.3. The number of nitrogens with zero attached hydrogens (tertiary/aromatic N) is 5. The van der Waals surface area contributed by atoms with E-state index in [-0.39, 0.29) is 0 Å². The van der Waals surface area contributed by atoms with E-state index in [9.17, 15) is 0 Å². The summed E-state index contributed by atoms with van der Waals surface area (Å²) < 4.78 is 11.9. The molecule has 1 atom stereocenters. The Morgan fingerprint density at radius 1 is 1.22 bits per heavy atom. The van der Waals surface area contributed by atoms with Crippen molar-refractivity contribution in [2.45, 2.75) is 25.4 Å². The summed E-state index contributed by atoms with van der Waals surface area (Å²) in [6.45, 7) is 6.13. The largest absolute Gasteiger partial charge is 0.453 e. The molecule has 8 heteroatoms. The normalized spacial score (nSPS) is 21.4. The molecule has 0 N–H and O–H groups in total. The van der Waals surface area contributed by atoms with E-state index in [0.29, 0.717) is 6.04 Å². The zero-order valence-electron chi connectivity index (χ0n) is 15.7. The molecule has 0 spiro atoms. The Balaban J connectivity index is 1.41. The maximum atomic E-state index is 5.67. The molecule has 2 fully saturated rings. The van der Waals surface area contributed by atoms with Gasteiger partial charge in [0.05, 0.1) is 19.8 Å². The molecule has 0 radical (unpaired) electrons. The third kappa shape index (κ3) is 4.62. The molecule has 2 aromatic rings. The van der Waals surface area contributed by atoms with Crippen LogP contribution in [0.2, 0.25) is 0 Å². The van der Waals surface area contributed by atoms with Gasteiger partial charge in [-0.3, -0.25) is 4.90 Å². The minimum Gasteiger partial charge on any atom is -0.453 e. The Kier molecular flexibility index (Phi) is 5.95. The van der Waals surface area contributed by atoms with E-state index >= 15 is 0 Å². The number of furan rings is 1. The van der Waals surface area contributed by atoms with E-state index < -0.39 is 0 Å². The van der Waals surface area contributed by atoms with Crippen LogP contribution in [0.15, 0.2) is 33.5 Å². The molecule has 2 saturated heterocycles. The van der Waals surface area contributed by atoms with Crippen LogP contribution in [0.3, 0.4) is 0 Å². The highest BCUT2D eigenvalue weighted by molar-refractivity contribution is 9.10. The van der Waals surface area contributed by atoms with Gasteiger partial charge in [-0.2, -0.15) is 4.98 Å². The maximum absolute atomic E-state index is 5.67. The lowest BCUT2D eigenvalue weighted by Crippen LogP contribution is -2.46. The summed E-state index contributed by atoms with van der Waals surface area (Å²) in [5.74, 6) is 2.79. The number of hydrogen-bond acceptors (Lipinski definition) is 7. The number of morpholine rings is 1. The van der Waals surface area contributed by atoms with Crippen molar-refractivity contribution in [3.63, 3.8) is 0 Å². The van der Waals surface area contributed by atoms with Crippen molar-refractivity contribution in [2.24, 2.45) is 0 Å². The number of rotatable bonds is 5. The standard InChI is InChI=1S/C19H26BrN5O2/c1-23(18-6-7-21-19(22-18)25-9-11-26-12-10-25)15-3-2-8-24(13-15)14-16-4-5-17(20)27-16/h4-7,15H,2-3,8-14H2,1H3. The number of likely N-dealkylation sites (N-methyl/N-ethyl adjacent to an activating group) is 1. The van der Waals surface area contributed by atoms with E-state index in [0.717, 1.165) is 68.1 Å². The smallest absolute Gasteiger partial charge is 0.227 e. The summed E-state index contributed by atoms with van der Waals surface area (Å²) in [7, 11) is 2.14. The number of aromatic nitrogens is 2. The Morgan fingerprint density at radius 2 is 2.07 bits per heavy atom. The van der Waals surface area contributed by atoms with Gasteiger partial charge in [-0.15, -0.1) is 0 Å². The average Bonchev–Trinajstić information content (AvgIpc) is 3.13. The predicted octanol–water partition coefficient (Wildman–Crippen LogP) is 2.77. The Labute approximate surface area is 168 Å². The number of halogens is 1. The van der Waals surface area contributed by atoms with Gasteiger partial charge in [-0.1, -0.05) is 0 Å². The third-order valence-corrected chi connectivity index (χ3v) is 5.75. The molecule has 0 aliphatic carbocycles. The summed E-state index contributed by atoms with van der Waals surface area (Å²) in [6, 6.07) is 6.43. The van der Waals surface area contributed by atoms with Gasteiger partial charge < -0.3 is 19.0 Å². The zero-order chi connectivity index (χ0) is 18.6. The van der Waals surface area contributed by atoms with Crippen LogP contribution < -0.4 is 9.80 Å². The molecular weight excluding hydrogens is 410 g/mol. The van der Waals surface area contributed by atoms with E-state index in [1.165, 1.54) is 12.8 Å². The molecular formula is C19H26BrN5O2. The molecule has 7 nitrogen and oxygen atoms in total. The maximum Gasteiger partial charge on any atom is 0.227 e. The van der Waals surface area contributed by atoms with Crippen molar-refractivity contribution in [3.05, 3.63) is 34.8 Å². The highest BCUT2D eigenvalue weighted by atomic mass is 79.9. The number of piperidine rings is 1. The summed E-state index contributed by atoms with van der Waals surface area (Å²) >= 11 is 3.38. The molecule has 2 aliphatic heterocycles. The van der Waals surface area contributed by atoms with Crippen LogP contribution in [-0.2, 0) is 11.3 Å². The topological polar surface area (TPSA) is 57.9 Å². The molecule has 4 rings (SSSR count). The number of hydrogen-bond donors (Lipinski definition) is 0. The molecule has 146 valence electrons. The molecule has 27 heavy (non-hydrogen) atoms. The third-order valence-electron chi connectivity index (χ3n) is 5.32. The SMILES string of the molecule is CN(c1ccnc(N2CCOCC2)n1)C1CCCN(Cc2ccc(Br)o2)C1. The van der Waals surface area contributed by atoms with Crippen molar-refractivity contribution < 1.29 is 9.15 Å². The fourth-order valence-corrected chi connectivity index (χ4v) is 4.13. The first-order chi connectivity index (χ1) is 13.2. The van der Waals surface area contributed by atoms with Crippen molar-refractivity contribution >= 4 is 27.7 Å². The van der Waals surface area contributed by atoms with Crippen LogP contribution in [0.25, 0.3) is 0 Å². The highest BCUT2D eigenvalue weighted by Gasteiger charge is 2.25. The van der Waals surface area contributed by atoms with E-state index in [2.05, 4.69) is 42.7 Å². The molecule has 2 aliphatic rings. The Morgan fingerprint density at radius 3 is 2.85 bits per heavy atom. The van der Waals surface area contributed by atoms with Gasteiger partial charge >= 0.3 is 0 Å². The summed E-state index contributed by atoms with van der Waals surface area (Å²) in [5, 5.41) is 0. The lowest BCUT2D eigenvalue weighted by molar-refractivity contribution is 0.122. The van der Waals surface area contributed by atoms with E-state index in [1.54, 1.807) is 0 Å². The first kappa shape index (κ1) is 18.7. The number of anilines is 2. The van der Waals surface area contributed by atoms with E-state index in [4.69, 9.17) is 14.1 Å². The van der Waals surface area contributed by atoms with Gasteiger partial charge in [-0.05, 0) is 53.5 Å². The van der Waals surface area contributed by atoms with Crippen molar-refractivity contribution in [1.82, 2.24) is 14.9 Å². The fraction of sp³-hybridized carbons (Fsp3) is 0.579. The average molecular weight is 436 g/mol. The zero-order valence-corrected chi connectivity index (χ0v) is 17.3.